The summed E-state index contributed by atoms with van der Waals surface area (Å²) in [7, 11) is -6.98. The number of amides is 1. The normalized spacial score (nSPS) is 18.7. The molecule has 1 N–H and O–H groups in total. The lowest BCUT2D eigenvalue weighted by Gasteiger charge is -2.21. The molecule has 1 aromatic heterocycles. The van der Waals surface area contributed by atoms with Crippen molar-refractivity contribution >= 4 is 36.8 Å². The van der Waals surface area contributed by atoms with Gasteiger partial charge in [0.2, 0.25) is 15.9 Å². The van der Waals surface area contributed by atoms with E-state index in [9.17, 15) is 26.4 Å². The first-order valence-corrected chi connectivity index (χ1v) is 13.0. The summed E-state index contributed by atoms with van der Waals surface area (Å²) in [5.74, 6) is -1.02. The molecule has 0 radical (unpaired) electrons. The molecular formula is C18H24N4O6S2. The monoisotopic (exact) mass is 456 g/mol. The standard InChI is InChI=1S/C18H24N4O6S2/c1-2-21(12-17(23)20-14-7-9-29(25,26)13-14)30(27,28)10-8-22-16-6-4-3-5-15(16)19-11-18(22)24/h3-6,11,14H,2,7-10,12-13H2,1H3,(H,20,23). The van der Waals surface area contributed by atoms with Gasteiger partial charge in [0.25, 0.3) is 5.56 Å². The molecule has 1 fully saturated rings. The zero-order valence-electron chi connectivity index (χ0n) is 16.5. The predicted molar refractivity (Wildman–Crippen MR) is 112 cm³/mol. The van der Waals surface area contributed by atoms with Gasteiger partial charge >= 0.3 is 0 Å². The van der Waals surface area contributed by atoms with E-state index in [0.29, 0.717) is 17.5 Å². The second-order valence-electron chi connectivity index (χ2n) is 7.15. The minimum atomic E-state index is -3.83. The summed E-state index contributed by atoms with van der Waals surface area (Å²) >= 11 is 0. The quantitative estimate of drug-likeness (QED) is 0.558. The summed E-state index contributed by atoms with van der Waals surface area (Å²) in [6, 6.07) is 6.43. The van der Waals surface area contributed by atoms with Gasteiger partial charge in [0.05, 0.1) is 41.0 Å². The third kappa shape index (κ3) is 5.24. The van der Waals surface area contributed by atoms with E-state index in [-0.39, 0.29) is 30.3 Å². The van der Waals surface area contributed by atoms with Gasteiger partial charge in [-0.3, -0.25) is 9.59 Å². The average molecular weight is 457 g/mol. The van der Waals surface area contributed by atoms with Crippen molar-refractivity contribution in [1.29, 1.82) is 0 Å². The molecule has 1 aliphatic heterocycles. The number of hydrogen-bond donors (Lipinski definition) is 1. The molecule has 0 aliphatic carbocycles. The van der Waals surface area contributed by atoms with E-state index in [1.165, 1.54) is 4.57 Å². The highest BCUT2D eigenvalue weighted by atomic mass is 32.2. The number of hydrogen-bond acceptors (Lipinski definition) is 7. The third-order valence-electron chi connectivity index (χ3n) is 4.99. The maximum Gasteiger partial charge on any atom is 0.269 e. The minimum Gasteiger partial charge on any atom is -0.351 e. The van der Waals surface area contributed by atoms with Crippen LogP contribution in [0.4, 0.5) is 0 Å². The number of para-hydroxylation sites is 2. The zero-order chi connectivity index (χ0) is 21.9. The van der Waals surface area contributed by atoms with Crippen LogP contribution in [-0.4, -0.2) is 73.0 Å². The van der Waals surface area contributed by atoms with Crippen molar-refractivity contribution in [3.8, 4) is 0 Å². The number of aryl methyl sites for hydroxylation is 1. The number of sulfonamides is 1. The fraction of sp³-hybridized carbons (Fsp3) is 0.500. The lowest BCUT2D eigenvalue weighted by molar-refractivity contribution is -0.121. The highest BCUT2D eigenvalue weighted by Crippen LogP contribution is 2.12. The van der Waals surface area contributed by atoms with Crippen LogP contribution in [0.3, 0.4) is 0 Å². The van der Waals surface area contributed by atoms with Gasteiger partial charge < -0.3 is 9.88 Å². The molecule has 1 aromatic carbocycles. The molecule has 0 saturated carbocycles. The van der Waals surface area contributed by atoms with E-state index < -0.39 is 43.9 Å². The second kappa shape index (κ2) is 8.82. The number of carbonyl (C=O) groups excluding carboxylic acids is 1. The Balaban J connectivity index is 1.67. The SMILES string of the molecule is CCN(CC(=O)NC1CCS(=O)(=O)C1)S(=O)(=O)CCn1c(=O)cnc2ccccc21. The van der Waals surface area contributed by atoms with Gasteiger partial charge in [0.15, 0.2) is 9.84 Å². The summed E-state index contributed by atoms with van der Waals surface area (Å²) in [4.78, 5) is 28.5. The molecule has 30 heavy (non-hydrogen) atoms. The molecule has 12 heteroatoms. The summed E-state index contributed by atoms with van der Waals surface area (Å²) in [6.07, 6.45) is 1.47. The predicted octanol–water partition coefficient (Wildman–Crippen LogP) is -0.648. The Kier molecular flexibility index (Phi) is 6.58. The molecule has 1 amide bonds. The van der Waals surface area contributed by atoms with Crippen LogP contribution >= 0.6 is 0 Å². The number of nitrogens with zero attached hydrogens (tertiary/aromatic N) is 3. The van der Waals surface area contributed by atoms with E-state index >= 15 is 0 Å². The van der Waals surface area contributed by atoms with Crippen molar-refractivity contribution in [2.24, 2.45) is 0 Å². The highest BCUT2D eigenvalue weighted by Gasteiger charge is 2.30. The van der Waals surface area contributed by atoms with Gasteiger partial charge in [0.1, 0.15) is 0 Å². The smallest absolute Gasteiger partial charge is 0.269 e. The molecule has 0 bridgehead atoms. The van der Waals surface area contributed by atoms with E-state index in [1.54, 1.807) is 31.2 Å². The van der Waals surface area contributed by atoms with Crippen LogP contribution in [0.15, 0.2) is 35.3 Å². The number of carbonyl (C=O) groups is 1. The molecule has 2 heterocycles. The summed E-state index contributed by atoms with van der Waals surface area (Å²) in [5, 5.41) is 2.59. The molecule has 1 unspecified atom stereocenters. The van der Waals surface area contributed by atoms with Gasteiger partial charge in [-0.15, -0.1) is 0 Å². The summed E-state index contributed by atoms with van der Waals surface area (Å²) in [6.45, 7) is 1.20. The number of likely N-dealkylation sites (N-methyl/N-ethyl adjacent to an activating group) is 1. The molecule has 0 spiro atoms. The lowest BCUT2D eigenvalue weighted by Crippen LogP contribution is -2.45. The number of fused-ring (bicyclic) bond motifs is 1. The van der Waals surface area contributed by atoms with Gasteiger partial charge in [-0.25, -0.2) is 21.8 Å². The first-order chi connectivity index (χ1) is 14.1. The summed E-state index contributed by atoms with van der Waals surface area (Å²) in [5.41, 5.74) is 0.698. The molecule has 1 atom stereocenters. The Morgan fingerprint density at radius 2 is 2.07 bits per heavy atom. The van der Waals surface area contributed by atoms with Gasteiger partial charge in [-0.05, 0) is 18.6 Å². The number of aromatic nitrogens is 2. The number of nitrogens with one attached hydrogen (secondary N) is 1. The van der Waals surface area contributed by atoms with Crippen LogP contribution in [0.1, 0.15) is 13.3 Å². The molecule has 1 aliphatic rings. The number of sulfone groups is 1. The molecule has 164 valence electrons. The Hall–Kier alpha value is -2.31. The van der Waals surface area contributed by atoms with E-state index in [0.717, 1.165) is 10.5 Å². The fourth-order valence-electron chi connectivity index (χ4n) is 3.43. The first-order valence-electron chi connectivity index (χ1n) is 9.53. The lowest BCUT2D eigenvalue weighted by atomic mass is 10.2. The van der Waals surface area contributed by atoms with E-state index in [2.05, 4.69) is 10.3 Å². The Bertz CT molecular complexity index is 1210. The van der Waals surface area contributed by atoms with Crippen molar-refractivity contribution < 1.29 is 21.6 Å². The molecule has 10 nitrogen and oxygen atoms in total. The second-order valence-corrected chi connectivity index (χ2v) is 11.5. The zero-order valence-corrected chi connectivity index (χ0v) is 18.2. The van der Waals surface area contributed by atoms with Crippen molar-refractivity contribution in [2.45, 2.75) is 25.9 Å². The van der Waals surface area contributed by atoms with Crippen LogP contribution < -0.4 is 10.9 Å². The van der Waals surface area contributed by atoms with Crippen LogP contribution in [0.2, 0.25) is 0 Å². The van der Waals surface area contributed by atoms with E-state index in [4.69, 9.17) is 0 Å². The van der Waals surface area contributed by atoms with Crippen molar-refractivity contribution in [3.05, 3.63) is 40.8 Å². The average Bonchev–Trinajstić information content (AvgIpc) is 3.03. The van der Waals surface area contributed by atoms with Crippen LogP contribution in [0, 0.1) is 0 Å². The van der Waals surface area contributed by atoms with Crippen LogP contribution in [-0.2, 0) is 31.2 Å². The Morgan fingerprint density at radius 1 is 1.33 bits per heavy atom. The third-order valence-corrected chi connectivity index (χ3v) is 8.63. The van der Waals surface area contributed by atoms with Gasteiger partial charge in [-0.1, -0.05) is 19.1 Å². The van der Waals surface area contributed by atoms with Crippen molar-refractivity contribution in [3.63, 3.8) is 0 Å². The minimum absolute atomic E-state index is 0.0162. The maximum absolute atomic E-state index is 12.8. The molecular weight excluding hydrogens is 432 g/mol. The van der Waals surface area contributed by atoms with Gasteiger partial charge in [0, 0.05) is 19.1 Å². The number of benzene rings is 1. The molecule has 2 aromatic rings. The first kappa shape index (κ1) is 22.4. The maximum atomic E-state index is 12.8. The Labute approximate surface area is 174 Å². The van der Waals surface area contributed by atoms with Crippen LogP contribution in [0.5, 0.6) is 0 Å². The van der Waals surface area contributed by atoms with Gasteiger partial charge in [-0.2, -0.15) is 4.31 Å². The largest absolute Gasteiger partial charge is 0.351 e. The summed E-state index contributed by atoms with van der Waals surface area (Å²) < 4.78 is 50.9. The Morgan fingerprint density at radius 3 is 2.73 bits per heavy atom. The fourth-order valence-corrected chi connectivity index (χ4v) is 6.48. The van der Waals surface area contributed by atoms with Crippen LogP contribution in [0.25, 0.3) is 11.0 Å². The van der Waals surface area contributed by atoms with Crippen molar-refractivity contribution in [1.82, 2.24) is 19.2 Å². The van der Waals surface area contributed by atoms with E-state index in [1.807, 2.05) is 0 Å². The highest BCUT2D eigenvalue weighted by molar-refractivity contribution is 7.91. The topological polar surface area (TPSA) is 136 Å². The molecule has 3 rings (SSSR count). The molecule has 1 saturated heterocycles. The number of rotatable bonds is 8. The van der Waals surface area contributed by atoms with Crippen molar-refractivity contribution in [2.75, 3.05) is 30.3 Å².